The lowest BCUT2D eigenvalue weighted by Gasteiger charge is -2.43. The summed E-state index contributed by atoms with van der Waals surface area (Å²) in [5.41, 5.74) is 8.37. The molecule has 1 saturated heterocycles. The van der Waals surface area contributed by atoms with Gasteiger partial charge in [-0.15, -0.1) is 0 Å². The topological polar surface area (TPSA) is 104 Å². The van der Waals surface area contributed by atoms with E-state index >= 15 is 0 Å². The molecule has 0 radical (unpaired) electrons. The molecule has 31 heavy (non-hydrogen) atoms. The average Bonchev–Trinajstić information content (AvgIpc) is 2.72. The number of nitrogens with two attached hydrogens (primary N) is 1. The number of aliphatic carboxylic acids is 1. The van der Waals surface area contributed by atoms with Crippen molar-refractivity contribution in [1.29, 1.82) is 0 Å². The van der Waals surface area contributed by atoms with Gasteiger partial charge in [0.1, 0.15) is 0 Å². The van der Waals surface area contributed by atoms with E-state index in [1.165, 1.54) is 0 Å². The molecule has 168 valence electrons. The zero-order valence-corrected chi connectivity index (χ0v) is 19.5. The predicted molar refractivity (Wildman–Crippen MR) is 125 cm³/mol. The highest BCUT2D eigenvalue weighted by Crippen LogP contribution is 2.59. The molecule has 2 atom stereocenters. The number of nitrogens with zero attached hydrogens (tertiary/aromatic N) is 1. The van der Waals surface area contributed by atoms with E-state index in [-0.39, 0.29) is 19.1 Å². The molecule has 9 heteroatoms. The van der Waals surface area contributed by atoms with Crippen molar-refractivity contribution >= 4 is 36.5 Å². The van der Waals surface area contributed by atoms with Crippen molar-refractivity contribution in [2.24, 2.45) is 5.73 Å². The first-order valence-electron chi connectivity index (χ1n) is 10.2. The summed E-state index contributed by atoms with van der Waals surface area (Å²) in [5.74, 6) is -1.21. The van der Waals surface area contributed by atoms with E-state index in [1.807, 2.05) is 29.2 Å². The molecule has 4 N–H and O–H groups in total. The van der Waals surface area contributed by atoms with Gasteiger partial charge in [-0.3, -0.25) is 14.3 Å². The summed E-state index contributed by atoms with van der Waals surface area (Å²) in [7, 11) is -3.87. The molecule has 2 aromatic carbocycles. The highest BCUT2D eigenvalue weighted by molar-refractivity contribution is 7.61. The molecule has 0 amide bonds. The third-order valence-corrected chi connectivity index (χ3v) is 9.12. The fourth-order valence-electron chi connectivity index (χ4n) is 4.15. The van der Waals surface area contributed by atoms with Crippen molar-refractivity contribution in [3.8, 4) is 11.1 Å². The van der Waals surface area contributed by atoms with E-state index in [0.717, 1.165) is 16.7 Å². The maximum atomic E-state index is 13.0. The predicted octanol–water partition coefficient (Wildman–Crippen LogP) is 4.70. The number of unbranched alkanes of at least 4 members (excludes halogenated alkanes) is 1. The van der Waals surface area contributed by atoms with Gasteiger partial charge in [-0.1, -0.05) is 47.8 Å². The maximum Gasteiger partial charge on any atom is 0.320 e. The SMILES string of the molecule is NCCCCC1(C(=O)O)CN(Cc2ccc(Cl)cc2-c2ccc(Cl)cc2)CCP1(=O)O. The Morgan fingerprint density at radius 1 is 1.13 bits per heavy atom. The summed E-state index contributed by atoms with van der Waals surface area (Å²) < 4.78 is 13.0. The van der Waals surface area contributed by atoms with Gasteiger partial charge in [0, 0.05) is 35.8 Å². The Kier molecular flexibility index (Phi) is 7.85. The Morgan fingerprint density at radius 2 is 1.81 bits per heavy atom. The van der Waals surface area contributed by atoms with Crippen LogP contribution in [0.3, 0.4) is 0 Å². The molecule has 1 aliphatic rings. The molecule has 2 unspecified atom stereocenters. The first-order chi connectivity index (χ1) is 14.7. The van der Waals surface area contributed by atoms with Gasteiger partial charge in [0.05, 0.1) is 0 Å². The molecule has 0 bridgehead atoms. The number of hydrogen-bond acceptors (Lipinski definition) is 4. The molecule has 2 aromatic rings. The Labute approximate surface area is 192 Å². The van der Waals surface area contributed by atoms with Crippen molar-refractivity contribution in [1.82, 2.24) is 4.90 Å². The number of carboxylic acid groups (broad SMARTS) is 1. The average molecular weight is 485 g/mol. The number of carbonyl (C=O) groups is 1. The van der Waals surface area contributed by atoms with Crippen LogP contribution in [0.5, 0.6) is 0 Å². The molecule has 0 aliphatic carbocycles. The van der Waals surface area contributed by atoms with E-state index < -0.39 is 18.5 Å². The van der Waals surface area contributed by atoms with E-state index in [0.29, 0.717) is 42.5 Å². The number of hydrogen-bond donors (Lipinski definition) is 3. The second-order valence-electron chi connectivity index (χ2n) is 8.03. The Morgan fingerprint density at radius 3 is 2.45 bits per heavy atom. The molecule has 1 heterocycles. The third kappa shape index (κ3) is 5.33. The molecule has 3 rings (SSSR count). The monoisotopic (exact) mass is 484 g/mol. The first kappa shape index (κ1) is 24.2. The largest absolute Gasteiger partial charge is 0.480 e. The van der Waals surface area contributed by atoms with Gasteiger partial charge in [0.15, 0.2) is 5.16 Å². The van der Waals surface area contributed by atoms with Gasteiger partial charge in [0.2, 0.25) is 7.37 Å². The minimum atomic E-state index is -3.87. The van der Waals surface area contributed by atoms with E-state index in [2.05, 4.69) is 0 Å². The molecule has 1 fully saturated rings. The van der Waals surface area contributed by atoms with Crippen LogP contribution in [0.2, 0.25) is 10.0 Å². The number of benzene rings is 2. The van der Waals surface area contributed by atoms with Crippen LogP contribution in [-0.4, -0.2) is 51.8 Å². The summed E-state index contributed by atoms with van der Waals surface area (Å²) >= 11 is 12.3. The zero-order chi connectivity index (χ0) is 22.6. The van der Waals surface area contributed by atoms with Gasteiger partial charge < -0.3 is 15.7 Å². The van der Waals surface area contributed by atoms with Crippen LogP contribution in [0.25, 0.3) is 11.1 Å². The van der Waals surface area contributed by atoms with E-state index in [1.54, 1.807) is 18.2 Å². The lowest BCUT2D eigenvalue weighted by Crippen LogP contribution is -2.53. The number of rotatable bonds is 8. The highest BCUT2D eigenvalue weighted by Gasteiger charge is 2.56. The zero-order valence-electron chi connectivity index (χ0n) is 17.1. The molecule has 0 saturated carbocycles. The van der Waals surface area contributed by atoms with Gasteiger partial charge >= 0.3 is 5.97 Å². The normalized spacial score (nSPS) is 24.3. The Bertz CT molecular complexity index is 986. The second kappa shape index (κ2) is 10.0. The lowest BCUT2D eigenvalue weighted by atomic mass is 9.97. The van der Waals surface area contributed by atoms with E-state index in [4.69, 9.17) is 28.9 Å². The Balaban J connectivity index is 1.90. The van der Waals surface area contributed by atoms with Crippen molar-refractivity contribution in [3.05, 3.63) is 58.1 Å². The van der Waals surface area contributed by atoms with Crippen molar-refractivity contribution in [3.63, 3.8) is 0 Å². The first-order valence-corrected chi connectivity index (χ1v) is 12.8. The minimum absolute atomic E-state index is 0.0172. The second-order valence-corrected chi connectivity index (χ2v) is 11.6. The van der Waals surface area contributed by atoms with Gasteiger partial charge in [-0.05, 0) is 60.3 Å². The van der Waals surface area contributed by atoms with E-state index in [9.17, 15) is 19.4 Å². The fraction of sp³-hybridized carbons (Fsp3) is 0.409. The number of carboxylic acids is 1. The smallest absolute Gasteiger partial charge is 0.320 e. The quantitative estimate of drug-likeness (QED) is 0.370. The molecule has 1 aliphatic heterocycles. The van der Waals surface area contributed by atoms with Crippen LogP contribution >= 0.6 is 30.6 Å². The van der Waals surface area contributed by atoms with Crippen molar-refractivity contribution < 1.29 is 19.4 Å². The summed E-state index contributed by atoms with van der Waals surface area (Å²) in [5, 5.41) is 9.53. The van der Waals surface area contributed by atoms with Gasteiger partial charge in [-0.25, -0.2) is 0 Å². The summed E-state index contributed by atoms with van der Waals surface area (Å²) in [6, 6.07) is 13.0. The standard InChI is InChI=1S/C22H27Cl2N2O4P/c23-18-6-3-16(4-7-18)20-13-19(24)8-5-17(20)14-26-11-12-31(29,30)22(15-26,21(27)28)9-1-2-10-25/h3-8,13H,1-2,9-12,14-15,25H2,(H,27,28)(H,29,30). The highest BCUT2D eigenvalue weighted by atomic mass is 35.5. The van der Waals surface area contributed by atoms with Crippen LogP contribution < -0.4 is 5.73 Å². The fourth-order valence-corrected chi connectivity index (χ4v) is 6.66. The summed E-state index contributed by atoms with van der Waals surface area (Å²) in [4.78, 5) is 24.8. The van der Waals surface area contributed by atoms with Crippen molar-refractivity contribution in [2.45, 2.75) is 31.0 Å². The molecular formula is C22H27Cl2N2O4P. The maximum absolute atomic E-state index is 13.0. The van der Waals surface area contributed by atoms with Crippen LogP contribution in [-0.2, 0) is 15.9 Å². The molecule has 0 spiro atoms. The Hall–Kier alpha value is -1.40. The lowest BCUT2D eigenvalue weighted by molar-refractivity contribution is -0.141. The van der Waals surface area contributed by atoms with Crippen LogP contribution in [0.15, 0.2) is 42.5 Å². The summed E-state index contributed by atoms with van der Waals surface area (Å²) in [6.45, 7) is 1.23. The minimum Gasteiger partial charge on any atom is -0.480 e. The van der Waals surface area contributed by atoms with Crippen LogP contribution in [0.1, 0.15) is 24.8 Å². The van der Waals surface area contributed by atoms with Crippen molar-refractivity contribution in [2.75, 3.05) is 25.8 Å². The molecular weight excluding hydrogens is 458 g/mol. The molecule has 0 aromatic heterocycles. The van der Waals surface area contributed by atoms with Crippen LogP contribution in [0.4, 0.5) is 0 Å². The third-order valence-electron chi connectivity index (χ3n) is 5.94. The molecule has 6 nitrogen and oxygen atoms in total. The van der Waals surface area contributed by atoms with Gasteiger partial charge in [0.25, 0.3) is 0 Å². The number of halogens is 2. The van der Waals surface area contributed by atoms with Gasteiger partial charge in [-0.2, -0.15) is 0 Å². The van der Waals surface area contributed by atoms with Crippen LogP contribution in [0, 0.1) is 0 Å². The summed E-state index contributed by atoms with van der Waals surface area (Å²) in [6.07, 6.45) is 1.20.